The molecule has 1 aromatic carbocycles. The standard InChI is InChI=1S/C8H8N2O3/c1-13-8(11)6-3-2-5(10-12)4-7(6)9/h2-4H,9H2,1H3. The quantitative estimate of drug-likeness (QED) is 0.424. The highest BCUT2D eigenvalue weighted by Gasteiger charge is 2.09. The van der Waals surface area contributed by atoms with Gasteiger partial charge in [0.15, 0.2) is 0 Å². The monoisotopic (exact) mass is 180 g/mol. The molecule has 0 amide bonds. The molecule has 0 atom stereocenters. The molecule has 0 aromatic heterocycles. The molecule has 5 heteroatoms. The first-order valence-corrected chi connectivity index (χ1v) is 3.50. The van der Waals surface area contributed by atoms with Crippen LogP contribution in [0.25, 0.3) is 0 Å². The summed E-state index contributed by atoms with van der Waals surface area (Å²) in [5.41, 5.74) is 6.07. The number of nitroso groups, excluding NO2 is 1. The van der Waals surface area contributed by atoms with Crippen LogP contribution in [0.1, 0.15) is 10.4 Å². The number of ether oxygens (including phenoxy) is 1. The van der Waals surface area contributed by atoms with Crippen molar-refractivity contribution in [1.82, 2.24) is 0 Å². The summed E-state index contributed by atoms with van der Waals surface area (Å²) in [6.45, 7) is 0. The summed E-state index contributed by atoms with van der Waals surface area (Å²) >= 11 is 0. The molecule has 5 nitrogen and oxygen atoms in total. The molecule has 0 saturated carbocycles. The van der Waals surface area contributed by atoms with Gasteiger partial charge in [0.05, 0.1) is 12.7 Å². The van der Waals surface area contributed by atoms with E-state index in [4.69, 9.17) is 5.73 Å². The smallest absolute Gasteiger partial charge is 0.339 e. The second-order valence-corrected chi connectivity index (χ2v) is 2.35. The Labute approximate surface area is 74.5 Å². The van der Waals surface area contributed by atoms with Gasteiger partial charge in [-0.3, -0.25) is 0 Å². The molecule has 1 rings (SSSR count). The zero-order chi connectivity index (χ0) is 9.84. The van der Waals surface area contributed by atoms with Gasteiger partial charge in [0.1, 0.15) is 5.69 Å². The maximum atomic E-state index is 11.0. The van der Waals surface area contributed by atoms with Gasteiger partial charge in [-0.05, 0) is 23.4 Å². The van der Waals surface area contributed by atoms with E-state index in [0.717, 1.165) is 0 Å². The molecule has 0 unspecified atom stereocenters. The summed E-state index contributed by atoms with van der Waals surface area (Å²) in [4.78, 5) is 21.1. The number of rotatable bonds is 2. The van der Waals surface area contributed by atoms with Gasteiger partial charge < -0.3 is 10.5 Å². The second-order valence-electron chi connectivity index (χ2n) is 2.35. The summed E-state index contributed by atoms with van der Waals surface area (Å²) in [7, 11) is 1.26. The van der Waals surface area contributed by atoms with Gasteiger partial charge in [0, 0.05) is 5.69 Å². The maximum absolute atomic E-state index is 11.0. The predicted molar refractivity (Wildman–Crippen MR) is 47.6 cm³/mol. The molecule has 2 N–H and O–H groups in total. The largest absolute Gasteiger partial charge is 0.465 e. The summed E-state index contributed by atoms with van der Waals surface area (Å²) in [6, 6.07) is 4.12. The molecular formula is C8H8N2O3. The topological polar surface area (TPSA) is 81.8 Å². The Morgan fingerprint density at radius 2 is 2.23 bits per heavy atom. The molecule has 0 heterocycles. The number of hydrogen-bond donors (Lipinski definition) is 1. The highest BCUT2D eigenvalue weighted by molar-refractivity contribution is 5.95. The third-order valence-electron chi connectivity index (χ3n) is 1.55. The lowest BCUT2D eigenvalue weighted by Gasteiger charge is -2.02. The van der Waals surface area contributed by atoms with Crippen molar-refractivity contribution in [3.63, 3.8) is 0 Å². The van der Waals surface area contributed by atoms with E-state index in [-0.39, 0.29) is 16.9 Å². The molecule has 0 radical (unpaired) electrons. The van der Waals surface area contributed by atoms with Crippen LogP contribution in [0.4, 0.5) is 11.4 Å². The van der Waals surface area contributed by atoms with Crippen molar-refractivity contribution in [1.29, 1.82) is 0 Å². The van der Waals surface area contributed by atoms with E-state index < -0.39 is 5.97 Å². The SMILES string of the molecule is COC(=O)c1ccc(N=O)cc1N. The molecule has 1 aromatic rings. The van der Waals surface area contributed by atoms with Crippen LogP contribution in [0, 0.1) is 4.91 Å². The molecule has 0 saturated heterocycles. The Morgan fingerprint density at radius 3 is 2.69 bits per heavy atom. The van der Waals surface area contributed by atoms with Crippen molar-refractivity contribution < 1.29 is 9.53 Å². The Morgan fingerprint density at radius 1 is 1.54 bits per heavy atom. The van der Waals surface area contributed by atoms with E-state index in [0.29, 0.717) is 0 Å². The Bertz CT molecular complexity index is 349. The normalized spacial score (nSPS) is 9.31. The van der Waals surface area contributed by atoms with Crippen LogP contribution in [-0.2, 0) is 4.74 Å². The third-order valence-corrected chi connectivity index (χ3v) is 1.55. The van der Waals surface area contributed by atoms with E-state index in [1.54, 1.807) is 0 Å². The highest BCUT2D eigenvalue weighted by atomic mass is 16.5. The van der Waals surface area contributed by atoms with E-state index in [2.05, 4.69) is 9.91 Å². The van der Waals surface area contributed by atoms with Gasteiger partial charge in [0.25, 0.3) is 0 Å². The van der Waals surface area contributed by atoms with E-state index >= 15 is 0 Å². The number of nitrogens with zero attached hydrogens (tertiary/aromatic N) is 1. The summed E-state index contributed by atoms with van der Waals surface area (Å²) in [5.74, 6) is -0.532. The summed E-state index contributed by atoms with van der Waals surface area (Å²) in [6.07, 6.45) is 0. The average molecular weight is 180 g/mol. The maximum Gasteiger partial charge on any atom is 0.339 e. The predicted octanol–water partition coefficient (Wildman–Crippen LogP) is 1.45. The second kappa shape index (κ2) is 3.66. The first kappa shape index (κ1) is 9.18. The number of carbonyl (C=O) groups is 1. The summed E-state index contributed by atoms with van der Waals surface area (Å²) < 4.78 is 4.46. The van der Waals surface area contributed by atoms with Crippen LogP contribution in [0.5, 0.6) is 0 Å². The lowest BCUT2D eigenvalue weighted by Crippen LogP contribution is -2.04. The van der Waals surface area contributed by atoms with Gasteiger partial charge in [0.2, 0.25) is 0 Å². The van der Waals surface area contributed by atoms with E-state index in [1.807, 2.05) is 0 Å². The Kier molecular flexibility index (Phi) is 2.59. The molecule has 68 valence electrons. The van der Waals surface area contributed by atoms with Gasteiger partial charge in [-0.15, -0.1) is 4.91 Å². The lowest BCUT2D eigenvalue weighted by molar-refractivity contribution is 0.0602. The fraction of sp³-hybridized carbons (Fsp3) is 0.125. The fourth-order valence-electron chi connectivity index (χ4n) is 0.903. The number of carbonyl (C=O) groups excluding carboxylic acids is 1. The third kappa shape index (κ3) is 1.81. The van der Waals surface area contributed by atoms with Crippen molar-refractivity contribution in [3.05, 3.63) is 28.7 Å². The van der Waals surface area contributed by atoms with Crippen molar-refractivity contribution in [2.24, 2.45) is 5.18 Å². The van der Waals surface area contributed by atoms with Crippen LogP contribution in [-0.4, -0.2) is 13.1 Å². The highest BCUT2D eigenvalue weighted by Crippen LogP contribution is 2.20. The van der Waals surface area contributed by atoms with Crippen LogP contribution in [0.3, 0.4) is 0 Å². The molecule has 0 bridgehead atoms. The number of nitrogen functional groups attached to an aromatic ring is 1. The van der Waals surface area contributed by atoms with Gasteiger partial charge in [-0.2, -0.15) is 0 Å². The first-order chi connectivity index (χ1) is 6.19. The fourth-order valence-corrected chi connectivity index (χ4v) is 0.903. The zero-order valence-electron chi connectivity index (χ0n) is 6.98. The molecule has 0 aliphatic carbocycles. The first-order valence-electron chi connectivity index (χ1n) is 3.50. The van der Waals surface area contributed by atoms with Crippen molar-refractivity contribution in [2.75, 3.05) is 12.8 Å². The Balaban J connectivity index is 3.12. The van der Waals surface area contributed by atoms with Gasteiger partial charge >= 0.3 is 5.97 Å². The van der Waals surface area contributed by atoms with Crippen LogP contribution in [0.2, 0.25) is 0 Å². The van der Waals surface area contributed by atoms with Crippen LogP contribution >= 0.6 is 0 Å². The number of nitrogens with two attached hydrogens (primary N) is 1. The van der Waals surface area contributed by atoms with Crippen LogP contribution < -0.4 is 5.73 Å². The minimum atomic E-state index is -0.532. The minimum Gasteiger partial charge on any atom is -0.465 e. The van der Waals surface area contributed by atoms with Crippen LogP contribution in [0.15, 0.2) is 23.4 Å². The molecular weight excluding hydrogens is 172 g/mol. The number of methoxy groups -OCH3 is 1. The van der Waals surface area contributed by atoms with E-state index in [1.165, 1.54) is 25.3 Å². The lowest BCUT2D eigenvalue weighted by atomic mass is 10.1. The van der Waals surface area contributed by atoms with Crippen molar-refractivity contribution >= 4 is 17.3 Å². The number of hydrogen-bond acceptors (Lipinski definition) is 5. The average Bonchev–Trinajstić information content (AvgIpc) is 2.16. The number of anilines is 1. The molecule has 0 aliphatic heterocycles. The van der Waals surface area contributed by atoms with Crippen molar-refractivity contribution in [2.45, 2.75) is 0 Å². The zero-order valence-corrected chi connectivity index (χ0v) is 6.98. The summed E-state index contributed by atoms with van der Waals surface area (Å²) in [5, 5.41) is 2.68. The van der Waals surface area contributed by atoms with E-state index in [9.17, 15) is 9.70 Å². The Hall–Kier alpha value is -1.91. The van der Waals surface area contributed by atoms with Crippen molar-refractivity contribution in [3.8, 4) is 0 Å². The number of benzene rings is 1. The molecule has 0 spiro atoms. The van der Waals surface area contributed by atoms with Gasteiger partial charge in [-0.25, -0.2) is 4.79 Å². The minimum absolute atomic E-state index is 0.184. The number of esters is 1. The molecule has 13 heavy (non-hydrogen) atoms. The molecule has 0 aliphatic rings. The molecule has 0 fully saturated rings. The van der Waals surface area contributed by atoms with Gasteiger partial charge in [-0.1, -0.05) is 0 Å².